The number of nitrogens with zero attached hydrogens (tertiary/aromatic N) is 3. The van der Waals surface area contributed by atoms with Crippen LogP contribution in [0.2, 0.25) is 0 Å². The van der Waals surface area contributed by atoms with Crippen LogP contribution in [0.3, 0.4) is 0 Å². The normalized spacial score (nSPS) is 10.7. The van der Waals surface area contributed by atoms with Crippen molar-refractivity contribution in [3.63, 3.8) is 0 Å². The van der Waals surface area contributed by atoms with Crippen LogP contribution in [-0.4, -0.2) is 48.2 Å². The number of rotatable bonds is 6. The van der Waals surface area contributed by atoms with E-state index in [0.29, 0.717) is 0 Å². The fourth-order valence-corrected chi connectivity index (χ4v) is 4.84. The standard InChI is InChI=1S/C18H12N3O7P.Gd/c22-16(23)10-4-1-7-13(19-10)29(28,14-8-2-5-11(20-14)17(24)25)15-9-3-6-12(21-15)18(26)27;/h1-9H,(H,22,23)(H,24,25)(H,26,27);. The fraction of sp³-hybridized carbons (Fsp3) is 0. The minimum atomic E-state index is -4.10. The van der Waals surface area contributed by atoms with Crippen molar-refractivity contribution in [2.75, 3.05) is 0 Å². The zero-order valence-corrected chi connectivity index (χ0v) is 18.0. The molecule has 0 radical (unpaired) electrons. The van der Waals surface area contributed by atoms with E-state index >= 15 is 0 Å². The molecule has 0 unspecified atom stereocenters. The fourth-order valence-electron chi connectivity index (χ4n) is 2.51. The molecule has 0 amide bonds. The third-order valence-electron chi connectivity index (χ3n) is 3.83. The van der Waals surface area contributed by atoms with Gasteiger partial charge >= 0.3 is 17.9 Å². The Balaban J connectivity index is 0.00000320. The largest absolute Gasteiger partial charge is 0.477 e. The van der Waals surface area contributed by atoms with Gasteiger partial charge in [0, 0.05) is 39.9 Å². The summed E-state index contributed by atoms with van der Waals surface area (Å²) in [6.45, 7) is 0. The Morgan fingerprint density at radius 2 is 0.867 bits per heavy atom. The average Bonchev–Trinajstić information content (AvgIpc) is 2.73. The van der Waals surface area contributed by atoms with E-state index in [1.165, 1.54) is 54.6 Å². The van der Waals surface area contributed by atoms with Crippen LogP contribution in [0.15, 0.2) is 54.6 Å². The number of aromatic nitrogens is 3. The Morgan fingerprint density at radius 1 is 0.600 bits per heavy atom. The van der Waals surface area contributed by atoms with E-state index in [4.69, 9.17) is 0 Å². The Labute approximate surface area is 201 Å². The summed E-state index contributed by atoms with van der Waals surface area (Å²) in [7, 11) is -4.10. The van der Waals surface area contributed by atoms with Crippen molar-refractivity contribution < 1.29 is 74.2 Å². The Morgan fingerprint density at radius 3 is 1.10 bits per heavy atom. The Hall–Kier alpha value is -2.59. The zero-order chi connectivity index (χ0) is 21.2. The second kappa shape index (κ2) is 9.48. The van der Waals surface area contributed by atoms with Crippen LogP contribution in [0.1, 0.15) is 31.5 Å². The molecule has 10 nitrogen and oxygen atoms in total. The SMILES string of the molecule is O=C(O)c1cccc(P(=O)(c2cccc(C(=O)O)n2)c2cccc(C(=O)O)n2)n1.[Gd]. The summed E-state index contributed by atoms with van der Waals surface area (Å²) < 4.78 is 14.2. The average molecular weight is 571 g/mol. The van der Waals surface area contributed by atoms with Gasteiger partial charge in [0.05, 0.1) is 0 Å². The summed E-state index contributed by atoms with van der Waals surface area (Å²) >= 11 is 0. The van der Waals surface area contributed by atoms with Crippen LogP contribution >= 0.6 is 7.14 Å². The molecule has 3 aromatic heterocycles. The second-order valence-electron chi connectivity index (χ2n) is 5.67. The topological polar surface area (TPSA) is 168 Å². The summed E-state index contributed by atoms with van der Waals surface area (Å²) in [5.74, 6) is -4.09. The van der Waals surface area contributed by atoms with Gasteiger partial charge in [-0.05, 0) is 36.4 Å². The smallest absolute Gasteiger partial charge is 0.354 e. The maximum Gasteiger partial charge on any atom is 0.354 e. The van der Waals surface area contributed by atoms with E-state index in [-0.39, 0.29) is 56.2 Å². The van der Waals surface area contributed by atoms with Crippen molar-refractivity contribution in [1.82, 2.24) is 15.0 Å². The van der Waals surface area contributed by atoms with Crippen LogP contribution < -0.4 is 16.3 Å². The number of carboxylic acids is 3. The van der Waals surface area contributed by atoms with Gasteiger partial charge in [-0.25, -0.2) is 29.3 Å². The molecule has 154 valence electrons. The molecule has 0 atom stereocenters. The van der Waals surface area contributed by atoms with Crippen molar-refractivity contribution in [2.24, 2.45) is 0 Å². The molecule has 0 fully saturated rings. The molecule has 0 saturated heterocycles. The van der Waals surface area contributed by atoms with Crippen LogP contribution in [0.25, 0.3) is 0 Å². The Kier molecular flexibility index (Phi) is 7.49. The van der Waals surface area contributed by atoms with Crippen LogP contribution in [0, 0.1) is 39.9 Å². The molecule has 3 rings (SSSR count). The second-order valence-corrected chi connectivity index (χ2v) is 8.26. The molecule has 0 saturated carbocycles. The van der Waals surface area contributed by atoms with E-state index in [1.54, 1.807) is 0 Å². The third kappa shape index (κ3) is 4.60. The molecule has 0 aliphatic heterocycles. The third-order valence-corrected chi connectivity index (χ3v) is 6.51. The first-order valence-electron chi connectivity index (χ1n) is 7.96. The molecule has 3 aromatic rings. The predicted molar refractivity (Wildman–Crippen MR) is 100 cm³/mol. The molecule has 3 heterocycles. The number of hydrogen-bond acceptors (Lipinski definition) is 7. The van der Waals surface area contributed by atoms with E-state index in [0.717, 1.165) is 0 Å². The molecule has 0 aliphatic rings. The zero-order valence-electron chi connectivity index (χ0n) is 14.8. The molecule has 12 heteroatoms. The van der Waals surface area contributed by atoms with Crippen molar-refractivity contribution in [3.8, 4) is 0 Å². The van der Waals surface area contributed by atoms with Crippen LogP contribution in [0.4, 0.5) is 0 Å². The summed E-state index contributed by atoms with van der Waals surface area (Å²) in [5, 5.41) is 27.6. The first-order chi connectivity index (χ1) is 13.7. The maximum absolute atomic E-state index is 14.2. The van der Waals surface area contributed by atoms with Gasteiger partial charge in [0.1, 0.15) is 33.4 Å². The maximum atomic E-state index is 14.2. The minimum absolute atomic E-state index is 0. The molecule has 3 N–H and O–H groups in total. The molecular formula is C18H12GdN3O7P. The van der Waals surface area contributed by atoms with Gasteiger partial charge in [0.15, 0.2) is 0 Å². The van der Waals surface area contributed by atoms with Gasteiger partial charge in [-0.15, -0.1) is 0 Å². The van der Waals surface area contributed by atoms with E-state index in [9.17, 15) is 34.3 Å². The summed E-state index contributed by atoms with van der Waals surface area (Å²) in [5.41, 5.74) is -1.85. The number of carbonyl (C=O) groups is 3. The van der Waals surface area contributed by atoms with Crippen molar-refractivity contribution in [2.45, 2.75) is 0 Å². The Bertz CT molecular complexity index is 1060. The first kappa shape index (κ1) is 23.7. The molecule has 0 spiro atoms. The van der Waals surface area contributed by atoms with Crippen molar-refractivity contribution >= 4 is 41.4 Å². The molecule has 0 bridgehead atoms. The predicted octanol–water partition coefficient (Wildman–Crippen LogP) is 0.606. The summed E-state index contributed by atoms with van der Waals surface area (Å²) in [6, 6.07) is 11.4. The van der Waals surface area contributed by atoms with Crippen molar-refractivity contribution in [3.05, 3.63) is 71.7 Å². The molecular weight excluding hydrogens is 558 g/mol. The number of hydrogen-bond donors (Lipinski definition) is 3. The molecule has 30 heavy (non-hydrogen) atoms. The van der Waals surface area contributed by atoms with Gasteiger partial charge in [0.2, 0.25) is 7.14 Å². The monoisotopic (exact) mass is 571 g/mol. The number of aromatic carboxylic acids is 3. The van der Waals surface area contributed by atoms with E-state index in [2.05, 4.69) is 15.0 Å². The van der Waals surface area contributed by atoms with Gasteiger partial charge < -0.3 is 19.9 Å². The van der Waals surface area contributed by atoms with Gasteiger partial charge in [-0.1, -0.05) is 18.2 Å². The van der Waals surface area contributed by atoms with Gasteiger partial charge in [0.25, 0.3) is 0 Å². The molecule has 0 aliphatic carbocycles. The summed E-state index contributed by atoms with van der Waals surface area (Å²) in [6.07, 6.45) is 0. The number of carboxylic acid groups (broad SMARTS) is 3. The number of pyridine rings is 3. The molecule has 0 aromatic carbocycles. The van der Waals surface area contributed by atoms with E-state index in [1.807, 2.05) is 0 Å². The van der Waals surface area contributed by atoms with Gasteiger partial charge in [-0.2, -0.15) is 0 Å². The summed E-state index contributed by atoms with van der Waals surface area (Å²) in [4.78, 5) is 45.6. The quantitative estimate of drug-likeness (QED) is 0.357. The van der Waals surface area contributed by atoms with Crippen molar-refractivity contribution in [1.29, 1.82) is 0 Å². The van der Waals surface area contributed by atoms with Gasteiger partial charge in [-0.3, -0.25) is 0 Å². The minimum Gasteiger partial charge on any atom is -0.477 e. The van der Waals surface area contributed by atoms with Crippen LogP contribution in [-0.2, 0) is 4.57 Å². The first-order valence-corrected chi connectivity index (χ1v) is 9.67. The van der Waals surface area contributed by atoms with Crippen LogP contribution in [0.5, 0.6) is 0 Å². The van der Waals surface area contributed by atoms with E-state index < -0.39 is 42.1 Å².